The number of hydrogen-bond acceptors (Lipinski definition) is 3. The first-order valence-corrected chi connectivity index (χ1v) is 9.90. The lowest BCUT2D eigenvalue weighted by Crippen LogP contribution is -2.10. The Morgan fingerprint density at radius 1 is 1.05 bits per heavy atom. The molecular formula is C17H14BrNOS2. The van der Waals surface area contributed by atoms with Gasteiger partial charge in [-0.1, -0.05) is 58.4 Å². The largest absolute Gasteiger partial charge is 0.258 e. The zero-order valence-corrected chi connectivity index (χ0v) is 14.9. The lowest BCUT2D eigenvalue weighted by Gasteiger charge is -2.17. The summed E-state index contributed by atoms with van der Waals surface area (Å²) < 4.78 is 14.0. The third kappa shape index (κ3) is 3.72. The molecule has 3 rings (SSSR count). The average Bonchev–Trinajstić information content (AvgIpc) is 3.03. The zero-order valence-electron chi connectivity index (χ0n) is 11.7. The van der Waals surface area contributed by atoms with Crippen molar-refractivity contribution in [1.82, 2.24) is 4.98 Å². The molecule has 0 radical (unpaired) electrons. The molecule has 0 saturated carbocycles. The molecule has 2 aromatic carbocycles. The van der Waals surface area contributed by atoms with Crippen molar-refractivity contribution in [1.29, 1.82) is 0 Å². The number of thiazole rings is 1. The molecule has 112 valence electrons. The average molecular weight is 392 g/mol. The van der Waals surface area contributed by atoms with E-state index >= 15 is 0 Å². The SMILES string of the molecule is O=[S@@](Cc1cscn1)[C@@H](c1ccccc1)c1ccc(Br)cc1. The Balaban J connectivity index is 1.95. The van der Waals surface area contributed by atoms with Gasteiger partial charge in [0, 0.05) is 20.7 Å². The van der Waals surface area contributed by atoms with Gasteiger partial charge in [-0.25, -0.2) is 4.98 Å². The van der Waals surface area contributed by atoms with E-state index in [1.165, 1.54) is 11.3 Å². The molecular weight excluding hydrogens is 378 g/mol. The van der Waals surface area contributed by atoms with Crippen LogP contribution in [-0.2, 0) is 16.6 Å². The lowest BCUT2D eigenvalue weighted by molar-refractivity contribution is 0.677. The van der Waals surface area contributed by atoms with E-state index in [0.29, 0.717) is 5.75 Å². The molecule has 0 bridgehead atoms. The van der Waals surface area contributed by atoms with Gasteiger partial charge in [0.05, 0.1) is 22.2 Å². The first-order chi connectivity index (χ1) is 10.7. The fourth-order valence-electron chi connectivity index (χ4n) is 2.30. The molecule has 0 saturated heterocycles. The summed E-state index contributed by atoms with van der Waals surface area (Å²) in [7, 11) is -1.07. The van der Waals surface area contributed by atoms with E-state index in [1.54, 1.807) is 5.51 Å². The van der Waals surface area contributed by atoms with E-state index in [9.17, 15) is 4.21 Å². The quantitative estimate of drug-likeness (QED) is 0.615. The summed E-state index contributed by atoms with van der Waals surface area (Å²) in [6.45, 7) is 0. The molecule has 22 heavy (non-hydrogen) atoms. The fourth-order valence-corrected chi connectivity index (χ4v) is 4.76. The number of halogens is 1. The Labute approximate surface area is 144 Å². The van der Waals surface area contributed by atoms with Gasteiger partial charge < -0.3 is 0 Å². The van der Waals surface area contributed by atoms with E-state index in [1.807, 2.05) is 60.0 Å². The predicted octanol–water partition coefficient (Wildman–Crippen LogP) is 4.94. The van der Waals surface area contributed by atoms with Gasteiger partial charge in [0.1, 0.15) is 0 Å². The molecule has 0 amide bonds. The van der Waals surface area contributed by atoms with Gasteiger partial charge in [-0.15, -0.1) is 11.3 Å². The number of nitrogens with zero attached hydrogens (tertiary/aromatic N) is 1. The highest BCUT2D eigenvalue weighted by atomic mass is 79.9. The molecule has 0 aliphatic carbocycles. The first kappa shape index (κ1) is 15.6. The van der Waals surface area contributed by atoms with E-state index < -0.39 is 10.8 Å². The van der Waals surface area contributed by atoms with Crippen molar-refractivity contribution in [3.8, 4) is 0 Å². The second-order valence-electron chi connectivity index (χ2n) is 4.85. The maximum absolute atomic E-state index is 13.0. The molecule has 0 N–H and O–H groups in total. The minimum atomic E-state index is -1.07. The van der Waals surface area contributed by atoms with Crippen molar-refractivity contribution in [2.75, 3.05) is 0 Å². The molecule has 0 aliphatic rings. The molecule has 0 fully saturated rings. The fraction of sp³-hybridized carbons (Fsp3) is 0.118. The van der Waals surface area contributed by atoms with Gasteiger partial charge in [-0.05, 0) is 23.3 Å². The van der Waals surface area contributed by atoms with Crippen LogP contribution >= 0.6 is 27.3 Å². The Kier molecular flexibility index (Phi) is 5.18. The maximum atomic E-state index is 13.0. The van der Waals surface area contributed by atoms with E-state index in [0.717, 1.165) is 21.3 Å². The Hall–Kier alpha value is -1.30. The summed E-state index contributed by atoms with van der Waals surface area (Å²) in [6.07, 6.45) is 0. The minimum Gasteiger partial charge on any atom is -0.258 e. The summed E-state index contributed by atoms with van der Waals surface area (Å²) in [5.74, 6) is 0.471. The van der Waals surface area contributed by atoms with Crippen LogP contribution in [0.15, 0.2) is 70.0 Å². The lowest BCUT2D eigenvalue weighted by atomic mass is 10.0. The molecule has 1 heterocycles. The number of rotatable bonds is 5. The molecule has 3 aromatic rings. The van der Waals surface area contributed by atoms with Crippen LogP contribution in [0.3, 0.4) is 0 Å². The van der Waals surface area contributed by atoms with Crippen LogP contribution in [0.1, 0.15) is 22.1 Å². The van der Waals surface area contributed by atoms with Gasteiger partial charge >= 0.3 is 0 Å². The molecule has 1 aromatic heterocycles. The smallest absolute Gasteiger partial charge is 0.0850 e. The van der Waals surface area contributed by atoms with Crippen molar-refractivity contribution in [2.45, 2.75) is 11.0 Å². The van der Waals surface area contributed by atoms with Crippen LogP contribution < -0.4 is 0 Å². The highest BCUT2D eigenvalue weighted by Crippen LogP contribution is 2.30. The van der Waals surface area contributed by atoms with Crippen molar-refractivity contribution >= 4 is 38.1 Å². The topological polar surface area (TPSA) is 30.0 Å². The Bertz CT molecular complexity index is 742. The molecule has 0 spiro atoms. The number of aromatic nitrogens is 1. The predicted molar refractivity (Wildman–Crippen MR) is 96.4 cm³/mol. The Morgan fingerprint density at radius 2 is 1.73 bits per heavy atom. The second kappa shape index (κ2) is 7.31. The summed E-state index contributed by atoms with van der Waals surface area (Å²) in [6, 6.07) is 18.1. The standard InChI is InChI=1S/C17H14BrNOS2/c18-15-8-6-14(7-9-15)17(13-4-2-1-3-5-13)22(20)11-16-10-21-12-19-16/h1-10,12,17H,11H2/t17-,22-/m0/s1. The van der Waals surface area contributed by atoms with E-state index in [4.69, 9.17) is 0 Å². The van der Waals surface area contributed by atoms with Gasteiger partial charge in [-0.2, -0.15) is 0 Å². The van der Waals surface area contributed by atoms with Gasteiger partial charge in [0.25, 0.3) is 0 Å². The number of benzene rings is 2. The number of hydrogen-bond donors (Lipinski definition) is 0. The maximum Gasteiger partial charge on any atom is 0.0850 e. The van der Waals surface area contributed by atoms with Gasteiger partial charge in [0.2, 0.25) is 0 Å². The van der Waals surface area contributed by atoms with Gasteiger partial charge in [0.15, 0.2) is 0 Å². The Morgan fingerprint density at radius 3 is 2.36 bits per heavy atom. The highest BCUT2D eigenvalue weighted by molar-refractivity contribution is 9.10. The first-order valence-electron chi connectivity index (χ1n) is 6.78. The zero-order chi connectivity index (χ0) is 15.4. The summed E-state index contributed by atoms with van der Waals surface area (Å²) in [5.41, 5.74) is 4.80. The van der Waals surface area contributed by atoms with Crippen LogP contribution in [0, 0.1) is 0 Å². The molecule has 2 nitrogen and oxygen atoms in total. The third-order valence-electron chi connectivity index (χ3n) is 3.31. The van der Waals surface area contributed by atoms with Crippen LogP contribution in [0.5, 0.6) is 0 Å². The van der Waals surface area contributed by atoms with Crippen LogP contribution in [0.25, 0.3) is 0 Å². The minimum absolute atomic E-state index is 0.143. The van der Waals surface area contributed by atoms with Gasteiger partial charge in [-0.3, -0.25) is 4.21 Å². The van der Waals surface area contributed by atoms with Crippen LogP contribution in [0.4, 0.5) is 0 Å². The summed E-state index contributed by atoms with van der Waals surface area (Å²) >= 11 is 4.99. The normalized spacial score (nSPS) is 13.7. The monoisotopic (exact) mass is 391 g/mol. The molecule has 0 aliphatic heterocycles. The van der Waals surface area contributed by atoms with Crippen LogP contribution in [-0.4, -0.2) is 9.19 Å². The van der Waals surface area contributed by atoms with Crippen LogP contribution in [0.2, 0.25) is 0 Å². The van der Waals surface area contributed by atoms with Crippen molar-refractivity contribution in [3.05, 3.63) is 86.8 Å². The summed E-state index contributed by atoms with van der Waals surface area (Å²) in [5, 5.41) is 1.82. The second-order valence-corrected chi connectivity index (χ2v) is 8.00. The third-order valence-corrected chi connectivity index (χ3v) is 6.13. The van der Waals surface area contributed by atoms with Crippen molar-refractivity contribution in [2.24, 2.45) is 0 Å². The molecule has 0 unspecified atom stereocenters. The highest BCUT2D eigenvalue weighted by Gasteiger charge is 2.21. The molecule has 5 heteroatoms. The van der Waals surface area contributed by atoms with Crippen molar-refractivity contribution in [3.63, 3.8) is 0 Å². The molecule has 2 atom stereocenters. The van der Waals surface area contributed by atoms with E-state index in [-0.39, 0.29) is 5.25 Å². The summed E-state index contributed by atoms with van der Waals surface area (Å²) in [4.78, 5) is 4.26. The van der Waals surface area contributed by atoms with E-state index in [2.05, 4.69) is 20.9 Å². The van der Waals surface area contributed by atoms with Crippen molar-refractivity contribution < 1.29 is 4.21 Å².